The van der Waals surface area contributed by atoms with Gasteiger partial charge in [-0.15, -0.1) is 0 Å². The first-order valence-electron chi connectivity index (χ1n) is 10.00. The molecule has 1 atom stereocenters. The van der Waals surface area contributed by atoms with E-state index in [2.05, 4.69) is 15.3 Å². The highest BCUT2D eigenvalue weighted by molar-refractivity contribution is 6.06. The van der Waals surface area contributed by atoms with E-state index in [1.54, 1.807) is 42.6 Å². The lowest BCUT2D eigenvalue weighted by atomic mass is 10.1. The topological polar surface area (TPSA) is 124 Å². The molecule has 9 nitrogen and oxygen atoms in total. The van der Waals surface area contributed by atoms with Gasteiger partial charge in [-0.3, -0.25) is 19.9 Å². The minimum Gasteiger partial charge on any atom is -0.449 e. The molecule has 0 aliphatic heterocycles. The molecule has 0 spiro atoms. The third-order valence-corrected chi connectivity index (χ3v) is 4.84. The van der Waals surface area contributed by atoms with Crippen LogP contribution in [0.3, 0.4) is 0 Å². The summed E-state index contributed by atoms with van der Waals surface area (Å²) in [6.45, 7) is 1.42. The highest BCUT2D eigenvalue weighted by atomic mass is 16.6. The zero-order chi connectivity index (χ0) is 23.4. The van der Waals surface area contributed by atoms with E-state index in [1.807, 2.05) is 12.1 Å². The Balaban J connectivity index is 1.57. The number of carbonyl (C=O) groups excluding carboxylic acids is 2. The SMILES string of the molecule is CC(OC(=O)c1cc(-c2ccccn2)nc2ccccc12)C(=O)Nc1cccc([N+](=O)[O-])c1. The predicted octanol–water partition coefficient (Wildman–Crippen LogP) is 4.39. The van der Waals surface area contributed by atoms with Gasteiger partial charge in [-0.25, -0.2) is 9.78 Å². The first-order chi connectivity index (χ1) is 15.9. The molecule has 9 heteroatoms. The van der Waals surface area contributed by atoms with Gasteiger partial charge in [0.25, 0.3) is 11.6 Å². The Morgan fingerprint density at radius 3 is 2.55 bits per heavy atom. The maximum Gasteiger partial charge on any atom is 0.339 e. The van der Waals surface area contributed by atoms with Crippen LogP contribution in [0.25, 0.3) is 22.3 Å². The van der Waals surface area contributed by atoms with Crippen molar-refractivity contribution in [1.82, 2.24) is 9.97 Å². The van der Waals surface area contributed by atoms with Crippen LogP contribution in [0.15, 0.2) is 79.0 Å². The number of hydrogen-bond donors (Lipinski definition) is 1. The number of nitro groups is 1. The second kappa shape index (κ2) is 9.23. The summed E-state index contributed by atoms with van der Waals surface area (Å²) in [5, 5.41) is 14.0. The van der Waals surface area contributed by atoms with Crippen LogP contribution in [-0.4, -0.2) is 32.9 Å². The van der Waals surface area contributed by atoms with E-state index in [4.69, 9.17) is 4.74 Å². The molecule has 4 rings (SSSR count). The van der Waals surface area contributed by atoms with Crippen LogP contribution in [-0.2, 0) is 9.53 Å². The number of amides is 1. The minimum atomic E-state index is -1.15. The highest BCUT2D eigenvalue weighted by Crippen LogP contribution is 2.25. The minimum absolute atomic E-state index is 0.164. The number of carbonyl (C=O) groups is 2. The highest BCUT2D eigenvalue weighted by Gasteiger charge is 2.22. The number of para-hydroxylation sites is 1. The van der Waals surface area contributed by atoms with Gasteiger partial charge in [0.1, 0.15) is 0 Å². The van der Waals surface area contributed by atoms with Crippen LogP contribution >= 0.6 is 0 Å². The third-order valence-electron chi connectivity index (χ3n) is 4.84. The largest absolute Gasteiger partial charge is 0.449 e. The fourth-order valence-electron chi connectivity index (χ4n) is 3.21. The lowest BCUT2D eigenvalue weighted by Crippen LogP contribution is -2.30. The molecular formula is C24H18N4O5. The van der Waals surface area contributed by atoms with Gasteiger partial charge in [-0.2, -0.15) is 0 Å². The van der Waals surface area contributed by atoms with E-state index < -0.39 is 22.9 Å². The molecule has 1 amide bonds. The number of anilines is 1. The molecule has 0 bridgehead atoms. The van der Waals surface area contributed by atoms with Crippen molar-refractivity contribution in [3.63, 3.8) is 0 Å². The van der Waals surface area contributed by atoms with Crippen molar-refractivity contribution in [2.45, 2.75) is 13.0 Å². The van der Waals surface area contributed by atoms with Crippen LogP contribution in [0.1, 0.15) is 17.3 Å². The summed E-state index contributed by atoms with van der Waals surface area (Å²) in [5.74, 6) is -1.32. The number of fused-ring (bicyclic) bond motifs is 1. The Morgan fingerprint density at radius 2 is 1.79 bits per heavy atom. The average Bonchev–Trinajstić information content (AvgIpc) is 2.83. The molecule has 1 N–H and O–H groups in total. The first-order valence-corrected chi connectivity index (χ1v) is 10.00. The maximum absolute atomic E-state index is 13.0. The lowest BCUT2D eigenvalue weighted by Gasteiger charge is -2.15. The standard InChI is InChI=1S/C24H18N4O5/c1-15(23(29)26-16-7-6-8-17(13-16)28(31)32)33-24(30)19-14-22(21-11-4-5-12-25-21)27-20-10-3-2-9-18(19)20/h2-15H,1H3,(H,26,29). The predicted molar refractivity (Wildman–Crippen MR) is 122 cm³/mol. The number of nitrogens with one attached hydrogen (secondary N) is 1. The van der Waals surface area contributed by atoms with Crippen molar-refractivity contribution in [2.24, 2.45) is 0 Å². The summed E-state index contributed by atoms with van der Waals surface area (Å²) >= 11 is 0. The van der Waals surface area contributed by atoms with Gasteiger partial charge in [0.2, 0.25) is 0 Å². The van der Waals surface area contributed by atoms with Crippen molar-refractivity contribution < 1.29 is 19.2 Å². The van der Waals surface area contributed by atoms with E-state index >= 15 is 0 Å². The summed E-state index contributed by atoms with van der Waals surface area (Å²) in [5.41, 5.74) is 1.98. The summed E-state index contributed by atoms with van der Waals surface area (Å²) in [4.78, 5) is 44.8. The molecule has 4 aromatic rings. The van der Waals surface area contributed by atoms with Gasteiger partial charge in [-0.05, 0) is 37.3 Å². The molecule has 0 aliphatic carbocycles. The monoisotopic (exact) mass is 442 g/mol. The van der Waals surface area contributed by atoms with Crippen molar-refractivity contribution in [3.8, 4) is 11.4 Å². The number of nitro benzene ring substituents is 1. The molecule has 0 saturated heterocycles. The van der Waals surface area contributed by atoms with E-state index in [0.29, 0.717) is 22.3 Å². The fraction of sp³-hybridized carbons (Fsp3) is 0.0833. The zero-order valence-corrected chi connectivity index (χ0v) is 17.5. The van der Waals surface area contributed by atoms with E-state index in [1.165, 1.54) is 31.2 Å². The number of benzene rings is 2. The first kappa shape index (κ1) is 21.6. The molecule has 0 saturated carbocycles. The van der Waals surface area contributed by atoms with Crippen LogP contribution in [0.5, 0.6) is 0 Å². The van der Waals surface area contributed by atoms with E-state index in [-0.39, 0.29) is 16.9 Å². The van der Waals surface area contributed by atoms with Gasteiger partial charge in [0.15, 0.2) is 6.10 Å². The average molecular weight is 442 g/mol. The normalized spacial score (nSPS) is 11.5. The smallest absolute Gasteiger partial charge is 0.339 e. The number of pyridine rings is 2. The number of rotatable bonds is 6. The van der Waals surface area contributed by atoms with Crippen molar-refractivity contribution >= 4 is 34.2 Å². The molecule has 33 heavy (non-hydrogen) atoms. The van der Waals surface area contributed by atoms with Gasteiger partial charge < -0.3 is 10.1 Å². The molecule has 2 aromatic carbocycles. The van der Waals surface area contributed by atoms with E-state index in [9.17, 15) is 19.7 Å². The van der Waals surface area contributed by atoms with Crippen molar-refractivity contribution in [2.75, 3.05) is 5.32 Å². The summed E-state index contributed by atoms with van der Waals surface area (Å²) < 4.78 is 5.41. The maximum atomic E-state index is 13.0. The molecule has 1 unspecified atom stereocenters. The van der Waals surface area contributed by atoms with Gasteiger partial charge in [-0.1, -0.05) is 30.3 Å². The molecule has 2 heterocycles. The number of non-ortho nitro benzene ring substituents is 1. The van der Waals surface area contributed by atoms with Gasteiger partial charge in [0.05, 0.1) is 27.4 Å². The van der Waals surface area contributed by atoms with Gasteiger partial charge >= 0.3 is 5.97 Å². The summed E-state index contributed by atoms with van der Waals surface area (Å²) in [7, 11) is 0. The van der Waals surface area contributed by atoms with Crippen LogP contribution < -0.4 is 5.32 Å². The van der Waals surface area contributed by atoms with Crippen LogP contribution in [0.2, 0.25) is 0 Å². The Bertz CT molecular complexity index is 1360. The summed E-state index contributed by atoms with van der Waals surface area (Å²) in [6.07, 6.45) is 0.479. The third kappa shape index (κ3) is 4.82. The Hall–Kier alpha value is -4.66. The molecule has 0 aliphatic rings. The Kier molecular flexibility index (Phi) is 6.03. The van der Waals surface area contributed by atoms with Crippen molar-refractivity contribution in [3.05, 3.63) is 94.7 Å². The lowest BCUT2D eigenvalue weighted by molar-refractivity contribution is -0.384. The van der Waals surface area contributed by atoms with Crippen LogP contribution in [0.4, 0.5) is 11.4 Å². The number of hydrogen-bond acceptors (Lipinski definition) is 7. The second-order valence-electron chi connectivity index (χ2n) is 7.13. The van der Waals surface area contributed by atoms with Crippen LogP contribution in [0, 0.1) is 10.1 Å². The molecular weight excluding hydrogens is 424 g/mol. The zero-order valence-electron chi connectivity index (χ0n) is 17.5. The number of nitrogens with zero attached hydrogens (tertiary/aromatic N) is 3. The number of esters is 1. The quantitative estimate of drug-likeness (QED) is 0.267. The summed E-state index contributed by atoms with van der Waals surface area (Å²) in [6, 6.07) is 19.6. The molecule has 0 radical (unpaired) electrons. The number of ether oxygens (including phenoxy) is 1. The van der Waals surface area contributed by atoms with E-state index in [0.717, 1.165) is 0 Å². The Labute approximate surface area is 188 Å². The number of aromatic nitrogens is 2. The van der Waals surface area contributed by atoms with Crippen molar-refractivity contribution in [1.29, 1.82) is 0 Å². The Morgan fingerprint density at radius 1 is 1.00 bits per heavy atom. The second-order valence-corrected chi connectivity index (χ2v) is 7.13. The van der Waals surface area contributed by atoms with Gasteiger partial charge in [0, 0.05) is 29.4 Å². The fourth-order valence-corrected chi connectivity index (χ4v) is 3.21. The molecule has 2 aromatic heterocycles. The molecule has 164 valence electrons. The molecule has 0 fully saturated rings.